The maximum atomic E-state index is 11.6. The molecule has 0 fully saturated rings. The van der Waals surface area contributed by atoms with Crippen molar-refractivity contribution in [3.63, 3.8) is 0 Å². The number of hydrogen-bond acceptors (Lipinski definition) is 1. The smallest absolute Gasteiger partial charge is 0.287 e. The predicted molar refractivity (Wildman–Crippen MR) is 28.8 cm³/mol. The molecule has 0 aliphatic rings. The highest BCUT2D eigenvalue weighted by atomic mass is 31.2. The van der Waals surface area contributed by atoms with Crippen molar-refractivity contribution in [3.05, 3.63) is 0 Å². The van der Waals surface area contributed by atoms with Gasteiger partial charge >= 0.3 is 19.1 Å². The van der Waals surface area contributed by atoms with E-state index in [1.807, 2.05) is 0 Å². The van der Waals surface area contributed by atoms with Crippen molar-refractivity contribution in [2.45, 2.75) is 11.8 Å². The summed E-state index contributed by atoms with van der Waals surface area (Å²) >= 11 is 0. The van der Waals surface area contributed by atoms with Gasteiger partial charge in [-0.2, -0.15) is 26.3 Å². The first-order chi connectivity index (χ1) is 5.06. The molecule has 0 saturated carbocycles. The summed E-state index contributed by atoms with van der Waals surface area (Å²) in [5.74, 6) is -11.6. The van der Waals surface area contributed by atoms with E-state index < -0.39 is 19.1 Å². The third-order valence-electron chi connectivity index (χ3n) is 1.03. The summed E-state index contributed by atoms with van der Waals surface area (Å²) in [6.45, 7) is 0. The molecular weight excluding hydrogens is 211 g/mol. The minimum absolute atomic E-state index is 0.349. The molecule has 0 atom stereocenters. The van der Waals surface area contributed by atoms with Gasteiger partial charge in [-0.05, 0) is 7.05 Å². The Balaban J connectivity index is 5.11. The maximum Gasteiger partial charge on any atom is 0.463 e. The zero-order valence-electron chi connectivity index (χ0n) is 5.62. The van der Waals surface area contributed by atoms with Gasteiger partial charge in [0, 0.05) is 0 Å². The molecular formula is C3H4F6NOP. The summed E-state index contributed by atoms with van der Waals surface area (Å²) in [7, 11) is -5.97. The molecule has 0 aromatic rings. The van der Waals surface area contributed by atoms with Crippen LogP contribution >= 0.6 is 7.29 Å². The molecule has 12 heavy (non-hydrogen) atoms. The topological polar surface area (TPSA) is 29.1 Å². The Bertz CT molecular complexity index is 188. The van der Waals surface area contributed by atoms with Gasteiger partial charge in [0.1, 0.15) is 0 Å². The zero-order valence-corrected chi connectivity index (χ0v) is 6.52. The van der Waals surface area contributed by atoms with Crippen LogP contribution in [0.4, 0.5) is 26.3 Å². The molecule has 0 rings (SSSR count). The van der Waals surface area contributed by atoms with E-state index in [1.54, 1.807) is 0 Å². The molecule has 0 aliphatic carbocycles. The molecule has 74 valence electrons. The first-order valence-electron chi connectivity index (χ1n) is 2.49. The standard InChI is InChI=1S/C3H4F6NOP/c1-10-12(11,2(4,5)6)3(7,8)9/h1H3,(H,10,11). The molecule has 0 aliphatic heterocycles. The highest BCUT2D eigenvalue weighted by molar-refractivity contribution is 7.63. The Hall–Kier alpha value is -0.230. The van der Waals surface area contributed by atoms with Crippen molar-refractivity contribution in [3.8, 4) is 0 Å². The Kier molecular flexibility index (Phi) is 2.86. The molecule has 0 unspecified atom stereocenters. The Labute approximate surface area is 63.4 Å². The van der Waals surface area contributed by atoms with Crippen LogP contribution in [0.3, 0.4) is 0 Å². The highest BCUT2D eigenvalue weighted by Gasteiger charge is 2.67. The van der Waals surface area contributed by atoms with Crippen molar-refractivity contribution in [1.29, 1.82) is 0 Å². The summed E-state index contributed by atoms with van der Waals surface area (Å²) in [5.41, 5.74) is 0. The molecule has 0 aromatic carbocycles. The van der Waals surface area contributed by atoms with Crippen LogP contribution in [0.1, 0.15) is 0 Å². The van der Waals surface area contributed by atoms with E-state index in [0.717, 1.165) is 5.09 Å². The molecule has 1 N–H and O–H groups in total. The summed E-state index contributed by atoms with van der Waals surface area (Å²) < 4.78 is 79.6. The van der Waals surface area contributed by atoms with Gasteiger partial charge in [-0.15, -0.1) is 0 Å². The number of halogens is 6. The van der Waals surface area contributed by atoms with Crippen LogP contribution in [0.25, 0.3) is 0 Å². The van der Waals surface area contributed by atoms with Crippen molar-refractivity contribution in [2.75, 3.05) is 7.05 Å². The average molecular weight is 215 g/mol. The van der Waals surface area contributed by atoms with Gasteiger partial charge in [-0.3, -0.25) is 9.65 Å². The van der Waals surface area contributed by atoms with Crippen LogP contribution in [-0.4, -0.2) is 18.9 Å². The summed E-state index contributed by atoms with van der Waals surface area (Å²) in [4.78, 5) is 0. The maximum absolute atomic E-state index is 11.6. The van der Waals surface area contributed by atoms with Gasteiger partial charge in [0.15, 0.2) is 0 Å². The van der Waals surface area contributed by atoms with E-state index >= 15 is 0 Å². The second-order valence-corrected chi connectivity index (χ2v) is 4.45. The Morgan fingerprint density at radius 2 is 1.25 bits per heavy atom. The van der Waals surface area contributed by atoms with E-state index in [0.29, 0.717) is 7.05 Å². The number of nitrogens with one attached hydrogen (secondary N) is 1. The van der Waals surface area contributed by atoms with Crippen LogP contribution < -0.4 is 5.09 Å². The van der Waals surface area contributed by atoms with Crippen LogP contribution in [0, 0.1) is 0 Å². The van der Waals surface area contributed by atoms with Gasteiger partial charge in [-0.1, -0.05) is 0 Å². The largest absolute Gasteiger partial charge is 0.463 e. The number of rotatable bonds is 1. The monoisotopic (exact) mass is 215 g/mol. The average Bonchev–Trinajstić information content (AvgIpc) is 1.81. The van der Waals surface area contributed by atoms with E-state index in [2.05, 4.69) is 0 Å². The normalized spacial score (nSPS) is 14.9. The third-order valence-corrected chi connectivity index (χ3v) is 3.09. The first kappa shape index (κ1) is 11.8. The van der Waals surface area contributed by atoms with Gasteiger partial charge < -0.3 is 0 Å². The number of hydrogen-bond donors (Lipinski definition) is 1. The van der Waals surface area contributed by atoms with Crippen LogP contribution in [0.5, 0.6) is 0 Å². The summed E-state index contributed by atoms with van der Waals surface area (Å²) in [5, 5.41) is 0.764. The van der Waals surface area contributed by atoms with Crippen LogP contribution in [0.2, 0.25) is 0 Å². The molecule has 0 amide bonds. The molecule has 0 saturated heterocycles. The quantitative estimate of drug-likeness (QED) is 0.537. The molecule has 9 heteroatoms. The van der Waals surface area contributed by atoms with Crippen LogP contribution in [-0.2, 0) is 4.57 Å². The van der Waals surface area contributed by atoms with Gasteiger partial charge in [0.2, 0.25) is 0 Å². The second-order valence-electron chi connectivity index (χ2n) is 1.77. The summed E-state index contributed by atoms with van der Waals surface area (Å²) in [6, 6.07) is 0. The lowest BCUT2D eigenvalue weighted by Gasteiger charge is -2.21. The van der Waals surface area contributed by atoms with Gasteiger partial charge in [0.05, 0.1) is 0 Å². The zero-order chi connectivity index (χ0) is 10.2. The minimum atomic E-state index is -6.32. The van der Waals surface area contributed by atoms with Crippen LogP contribution in [0.15, 0.2) is 0 Å². The van der Waals surface area contributed by atoms with Crippen molar-refractivity contribution >= 4 is 7.29 Å². The van der Waals surface area contributed by atoms with Crippen molar-refractivity contribution in [1.82, 2.24) is 5.09 Å². The van der Waals surface area contributed by atoms with Gasteiger partial charge in [0.25, 0.3) is 0 Å². The molecule has 0 spiro atoms. The molecule has 2 nitrogen and oxygen atoms in total. The van der Waals surface area contributed by atoms with E-state index in [4.69, 9.17) is 0 Å². The lowest BCUT2D eigenvalue weighted by atomic mass is 11.5. The fourth-order valence-corrected chi connectivity index (χ4v) is 1.19. The molecule has 0 heterocycles. The van der Waals surface area contributed by atoms with Gasteiger partial charge in [-0.25, -0.2) is 0 Å². The first-order valence-corrected chi connectivity index (χ1v) is 4.19. The SMILES string of the molecule is CNP(=O)(C(F)(F)F)C(F)(F)F. The number of alkyl halides is 6. The fraction of sp³-hybridized carbons (Fsp3) is 1.00. The third kappa shape index (κ3) is 1.74. The summed E-state index contributed by atoms with van der Waals surface area (Å²) in [6.07, 6.45) is 0. The van der Waals surface area contributed by atoms with Crippen molar-refractivity contribution < 1.29 is 30.9 Å². The molecule has 0 aromatic heterocycles. The second kappa shape index (κ2) is 2.92. The molecule has 0 radical (unpaired) electrons. The van der Waals surface area contributed by atoms with E-state index in [1.165, 1.54) is 0 Å². The fourth-order valence-electron chi connectivity index (χ4n) is 0.397. The van der Waals surface area contributed by atoms with Crippen molar-refractivity contribution in [2.24, 2.45) is 0 Å². The predicted octanol–water partition coefficient (Wildman–Crippen LogP) is 2.52. The molecule has 0 bridgehead atoms. The minimum Gasteiger partial charge on any atom is -0.287 e. The van der Waals surface area contributed by atoms with E-state index in [9.17, 15) is 30.9 Å². The Morgan fingerprint density at radius 1 is 1.00 bits per heavy atom. The Morgan fingerprint density at radius 3 is 1.25 bits per heavy atom. The highest BCUT2D eigenvalue weighted by Crippen LogP contribution is 2.67. The lowest BCUT2D eigenvalue weighted by Crippen LogP contribution is -2.30. The lowest BCUT2D eigenvalue weighted by molar-refractivity contribution is -0.0958. The van der Waals surface area contributed by atoms with E-state index in [-0.39, 0.29) is 0 Å².